The third-order valence-corrected chi connectivity index (χ3v) is 18.4. The summed E-state index contributed by atoms with van der Waals surface area (Å²) in [5, 5.41) is 54.4. The maximum atomic E-state index is 13.0. The fourth-order valence-electron chi connectivity index (χ4n) is 12.3. The van der Waals surface area contributed by atoms with Crippen molar-refractivity contribution in [2.45, 2.75) is 423 Å². The summed E-state index contributed by atoms with van der Waals surface area (Å²) < 4.78 is 16.8. The first-order chi connectivity index (χ1) is 44.2. The fourth-order valence-corrected chi connectivity index (χ4v) is 12.3. The summed E-state index contributed by atoms with van der Waals surface area (Å²) in [5.41, 5.74) is 0. The van der Waals surface area contributed by atoms with Crippen LogP contribution in [0.5, 0.6) is 0 Å². The average molecular weight is 1270 g/mol. The highest BCUT2D eigenvalue weighted by Crippen LogP contribution is 2.24. The first-order valence-corrected chi connectivity index (χ1v) is 38.9. The van der Waals surface area contributed by atoms with Gasteiger partial charge in [0.15, 0.2) is 6.29 Å². The molecular formula is C79H147NO10. The van der Waals surface area contributed by atoms with Crippen molar-refractivity contribution < 1.29 is 49.3 Å². The van der Waals surface area contributed by atoms with Gasteiger partial charge in [-0.05, 0) is 89.9 Å². The van der Waals surface area contributed by atoms with Crippen molar-refractivity contribution in [3.8, 4) is 0 Å². The van der Waals surface area contributed by atoms with Crippen LogP contribution < -0.4 is 5.32 Å². The summed E-state index contributed by atoms with van der Waals surface area (Å²) in [6.45, 7) is 4.34. The van der Waals surface area contributed by atoms with E-state index in [1.165, 1.54) is 289 Å². The molecule has 0 bridgehead atoms. The van der Waals surface area contributed by atoms with Crippen LogP contribution in [-0.2, 0) is 23.8 Å². The molecule has 11 nitrogen and oxygen atoms in total. The van der Waals surface area contributed by atoms with Crippen molar-refractivity contribution in [2.24, 2.45) is 0 Å². The molecule has 0 aliphatic carbocycles. The lowest BCUT2D eigenvalue weighted by atomic mass is 9.99. The summed E-state index contributed by atoms with van der Waals surface area (Å²) >= 11 is 0. The Morgan fingerprint density at radius 2 is 0.744 bits per heavy atom. The molecule has 0 aromatic rings. The molecule has 1 aliphatic rings. The summed E-state index contributed by atoms with van der Waals surface area (Å²) in [6.07, 6.45) is 80.0. The molecule has 1 heterocycles. The van der Waals surface area contributed by atoms with E-state index in [4.69, 9.17) is 14.2 Å². The molecule has 0 aromatic carbocycles. The topological polar surface area (TPSA) is 175 Å². The van der Waals surface area contributed by atoms with Crippen LogP contribution in [0.15, 0.2) is 48.6 Å². The van der Waals surface area contributed by atoms with Crippen LogP contribution in [0.1, 0.15) is 380 Å². The van der Waals surface area contributed by atoms with Gasteiger partial charge in [0.2, 0.25) is 5.91 Å². The Kier molecular flexibility index (Phi) is 64.7. The van der Waals surface area contributed by atoms with Crippen molar-refractivity contribution >= 4 is 11.9 Å². The van der Waals surface area contributed by atoms with Crippen molar-refractivity contribution in [1.82, 2.24) is 5.32 Å². The largest absolute Gasteiger partial charge is 0.466 e. The zero-order chi connectivity index (χ0) is 65.1. The van der Waals surface area contributed by atoms with E-state index in [9.17, 15) is 35.1 Å². The highest BCUT2D eigenvalue weighted by atomic mass is 16.7. The van der Waals surface area contributed by atoms with Gasteiger partial charge >= 0.3 is 5.97 Å². The zero-order valence-electron chi connectivity index (χ0n) is 58.9. The second-order valence-corrected chi connectivity index (χ2v) is 27.1. The Bertz CT molecular complexity index is 1630. The normalized spacial score (nSPS) is 17.9. The minimum atomic E-state index is -1.57. The third-order valence-electron chi connectivity index (χ3n) is 18.4. The van der Waals surface area contributed by atoms with Gasteiger partial charge in [0.25, 0.3) is 0 Å². The van der Waals surface area contributed by atoms with Crippen molar-refractivity contribution in [3.05, 3.63) is 48.6 Å². The predicted molar refractivity (Wildman–Crippen MR) is 380 cm³/mol. The molecule has 1 aliphatic heterocycles. The predicted octanol–water partition coefficient (Wildman–Crippen LogP) is 20.7. The third kappa shape index (κ3) is 56.0. The molecular weight excluding hydrogens is 1120 g/mol. The molecule has 1 saturated heterocycles. The van der Waals surface area contributed by atoms with Crippen LogP contribution in [0.25, 0.3) is 0 Å². The molecule has 1 amide bonds. The molecule has 6 N–H and O–H groups in total. The molecule has 90 heavy (non-hydrogen) atoms. The maximum Gasteiger partial charge on any atom is 0.305 e. The molecule has 1 fully saturated rings. The number of rotatable bonds is 69. The number of amides is 1. The monoisotopic (exact) mass is 1270 g/mol. The Balaban J connectivity index is 1.88. The molecule has 528 valence electrons. The van der Waals surface area contributed by atoms with Crippen molar-refractivity contribution in [3.63, 3.8) is 0 Å². The van der Waals surface area contributed by atoms with Gasteiger partial charge in [-0.25, -0.2) is 0 Å². The van der Waals surface area contributed by atoms with Gasteiger partial charge < -0.3 is 45.1 Å². The molecule has 0 spiro atoms. The fraction of sp³-hybridized carbons (Fsp3) is 0.873. The number of unbranched alkanes of at least 4 members (excludes halogenated alkanes) is 49. The maximum absolute atomic E-state index is 13.0. The van der Waals surface area contributed by atoms with Crippen LogP contribution in [0, 0.1) is 0 Å². The smallest absolute Gasteiger partial charge is 0.305 e. The summed E-state index contributed by atoms with van der Waals surface area (Å²) in [7, 11) is 0. The lowest BCUT2D eigenvalue weighted by Gasteiger charge is -2.40. The van der Waals surface area contributed by atoms with Gasteiger partial charge in [0, 0.05) is 12.8 Å². The Labute approximate surface area is 555 Å². The van der Waals surface area contributed by atoms with E-state index < -0.39 is 49.5 Å². The van der Waals surface area contributed by atoms with E-state index in [1.54, 1.807) is 6.08 Å². The Hall–Kier alpha value is -2.38. The second-order valence-electron chi connectivity index (χ2n) is 27.1. The average Bonchev–Trinajstić information content (AvgIpc) is 1.93. The van der Waals surface area contributed by atoms with Crippen molar-refractivity contribution in [1.29, 1.82) is 0 Å². The van der Waals surface area contributed by atoms with Gasteiger partial charge in [-0.3, -0.25) is 9.59 Å². The quantitative estimate of drug-likeness (QED) is 0.0195. The number of carbonyl (C=O) groups is 2. The van der Waals surface area contributed by atoms with E-state index in [-0.39, 0.29) is 18.5 Å². The Morgan fingerprint density at radius 3 is 1.16 bits per heavy atom. The number of carbonyl (C=O) groups excluding carboxylic acids is 2. The van der Waals surface area contributed by atoms with E-state index in [1.807, 2.05) is 6.08 Å². The number of allylic oxidation sites excluding steroid dienone is 7. The number of hydrogen-bond donors (Lipinski definition) is 6. The lowest BCUT2D eigenvalue weighted by molar-refractivity contribution is -0.302. The number of esters is 1. The van der Waals surface area contributed by atoms with Crippen LogP contribution in [-0.4, -0.2) is 100 Å². The first-order valence-electron chi connectivity index (χ1n) is 38.9. The van der Waals surface area contributed by atoms with Gasteiger partial charge in [-0.2, -0.15) is 0 Å². The number of aliphatic hydroxyl groups is 5. The van der Waals surface area contributed by atoms with Gasteiger partial charge in [0.1, 0.15) is 24.4 Å². The summed E-state index contributed by atoms with van der Waals surface area (Å²) in [5.74, 6) is -0.171. The van der Waals surface area contributed by atoms with E-state index >= 15 is 0 Å². The Morgan fingerprint density at radius 1 is 0.411 bits per heavy atom. The minimum absolute atomic E-state index is 0.00795. The standard InChI is InChI=1S/C79H147NO10/c1-3-5-7-9-11-13-15-16-17-18-34-38-41-44-47-51-55-59-63-67-75(84)88-68-64-60-56-52-48-45-42-39-36-33-31-29-27-25-23-21-19-20-22-24-26-28-30-32-35-37-40-43-46-50-54-58-62-66-74(83)80-71(70-89-79-78(87)77(86)76(85)73(69-81)90-79)72(82)65-61-57-53-49-14-12-10-8-6-4-2/h11,13,16-17,23,25,61,65,71-73,76-79,81-82,85-87H,3-10,12,14-15,18-22,24,26-60,62-64,66-70H2,1-2H3,(H,80,83)/b13-11-,17-16-,25-23-,65-61+. The molecule has 7 unspecified atom stereocenters. The number of ether oxygens (including phenoxy) is 3. The van der Waals surface area contributed by atoms with Crippen LogP contribution in [0.4, 0.5) is 0 Å². The molecule has 0 saturated carbocycles. The molecule has 1 rings (SSSR count). The first kappa shape index (κ1) is 85.6. The highest BCUT2D eigenvalue weighted by molar-refractivity contribution is 5.76. The minimum Gasteiger partial charge on any atom is -0.466 e. The van der Waals surface area contributed by atoms with Crippen molar-refractivity contribution in [2.75, 3.05) is 19.8 Å². The van der Waals surface area contributed by atoms with Gasteiger partial charge in [0.05, 0.1) is 32.0 Å². The summed E-state index contributed by atoms with van der Waals surface area (Å²) in [4.78, 5) is 25.2. The number of nitrogens with one attached hydrogen (secondary N) is 1. The van der Waals surface area contributed by atoms with E-state index in [2.05, 4.69) is 55.6 Å². The zero-order valence-corrected chi connectivity index (χ0v) is 58.9. The summed E-state index contributed by atoms with van der Waals surface area (Å²) in [6, 6.07) is -0.807. The van der Waals surface area contributed by atoms with Crippen LogP contribution in [0.2, 0.25) is 0 Å². The molecule has 7 atom stereocenters. The lowest BCUT2D eigenvalue weighted by Crippen LogP contribution is -2.60. The molecule has 0 aromatic heterocycles. The van der Waals surface area contributed by atoms with E-state index in [0.29, 0.717) is 19.4 Å². The second kappa shape index (κ2) is 68.0. The van der Waals surface area contributed by atoms with E-state index in [0.717, 1.165) is 64.2 Å². The highest BCUT2D eigenvalue weighted by Gasteiger charge is 2.44. The van der Waals surface area contributed by atoms with Gasteiger partial charge in [-0.15, -0.1) is 0 Å². The number of aliphatic hydroxyl groups excluding tert-OH is 5. The molecule has 0 radical (unpaired) electrons. The van der Waals surface area contributed by atoms with Crippen LogP contribution >= 0.6 is 0 Å². The molecule has 11 heteroatoms. The number of hydrogen-bond acceptors (Lipinski definition) is 10. The van der Waals surface area contributed by atoms with Gasteiger partial charge in [-0.1, -0.05) is 326 Å². The SMILES string of the molecule is CCCCC/C=C\C/C=C\CCCCCCCCCCCC(=O)OCCCCCCCCCCCCCC/C=C\CCCCCCCCCCCCCCCCCCCC(=O)NC(COC1OC(CO)C(O)C(O)C1O)C(O)/C=C/CCCCCCCCCC. The van der Waals surface area contributed by atoms with Crippen LogP contribution in [0.3, 0.4) is 0 Å².